The molecule has 9 rings (SSSR count). The normalized spacial score (nSPS) is 15.7. The number of carbonyl (C=O) groups is 4. The number of alkyl carbamates (subject to hydrolysis) is 1. The van der Waals surface area contributed by atoms with E-state index < -0.39 is 42.7 Å². The van der Waals surface area contributed by atoms with Crippen molar-refractivity contribution in [3.05, 3.63) is 180 Å². The summed E-state index contributed by atoms with van der Waals surface area (Å²) in [5.41, 5.74) is 7.08. The second-order valence-corrected chi connectivity index (χ2v) is 14.6. The van der Waals surface area contributed by atoms with E-state index in [1.54, 1.807) is 35.2 Å². The van der Waals surface area contributed by atoms with Gasteiger partial charge in [-0.3, -0.25) is 9.59 Å². The van der Waals surface area contributed by atoms with Crippen LogP contribution in [0.5, 0.6) is 0 Å². The molecule has 1 aliphatic heterocycles. The number of carbonyl (C=O) groups excluding carboxylic acids is 4. The molecule has 2 aliphatic rings. The molecule has 7 aromatic rings. The molecular weight excluding hydrogens is 759 g/mol. The monoisotopic (exact) mass is 797 g/mol. The molecule has 298 valence electrons. The highest BCUT2D eigenvalue weighted by atomic mass is 16.6. The number of anilines is 1. The van der Waals surface area contributed by atoms with Crippen molar-refractivity contribution in [1.29, 1.82) is 0 Å². The van der Waals surface area contributed by atoms with Crippen LogP contribution < -0.4 is 10.6 Å². The predicted octanol–water partition coefficient (Wildman–Crippen LogP) is 7.09. The smallest absolute Gasteiger partial charge is 0.407 e. The number of amides is 3. The Kier molecular flexibility index (Phi) is 10.5. The van der Waals surface area contributed by atoms with Crippen LogP contribution in [0.25, 0.3) is 22.3 Å². The first-order valence-corrected chi connectivity index (χ1v) is 19.7. The number of fused-ring (bicyclic) bond motifs is 4. The summed E-state index contributed by atoms with van der Waals surface area (Å²) in [5, 5.41) is 5.44. The lowest BCUT2D eigenvalue weighted by atomic mass is 9.98. The Hall–Kier alpha value is -7.67. The molecule has 1 fully saturated rings. The molecule has 1 saturated heterocycles. The van der Waals surface area contributed by atoms with Gasteiger partial charge in [0.25, 0.3) is 5.91 Å². The molecule has 0 unspecified atom stereocenters. The predicted molar refractivity (Wildman–Crippen MR) is 223 cm³/mol. The van der Waals surface area contributed by atoms with Gasteiger partial charge in [-0.05, 0) is 45.5 Å². The number of nitrogens with zero attached hydrogens (tertiary/aromatic N) is 5. The Morgan fingerprint density at radius 2 is 1.32 bits per heavy atom. The van der Waals surface area contributed by atoms with E-state index in [1.807, 2.05) is 103 Å². The minimum atomic E-state index is -1.03. The van der Waals surface area contributed by atoms with E-state index in [2.05, 4.69) is 37.7 Å². The number of esters is 1. The number of imidazole rings is 1. The van der Waals surface area contributed by atoms with Gasteiger partial charge in [-0.15, -0.1) is 0 Å². The first-order valence-electron chi connectivity index (χ1n) is 19.7. The summed E-state index contributed by atoms with van der Waals surface area (Å²) in [6.07, 6.45) is 1.55. The number of aromatic nitrogens is 4. The Bertz CT molecular complexity index is 2610. The van der Waals surface area contributed by atoms with Crippen molar-refractivity contribution in [1.82, 2.24) is 29.7 Å². The van der Waals surface area contributed by atoms with Crippen LogP contribution in [0.1, 0.15) is 57.1 Å². The van der Waals surface area contributed by atoms with Gasteiger partial charge in [-0.25, -0.2) is 24.5 Å². The van der Waals surface area contributed by atoms with Crippen LogP contribution in [0.3, 0.4) is 0 Å². The third-order valence-electron chi connectivity index (χ3n) is 11.1. The average molecular weight is 798 g/mol. The molecule has 3 heterocycles. The highest BCUT2D eigenvalue weighted by Gasteiger charge is 2.43. The SMILES string of the molecule is O=C(NCC(=O)N1C[C@H](n2cnc3c(NC(=O)c4ccccc4)ncnc32)C[C@@H]1C(=O)OC(c1ccccc1)c1ccccc1)OCC1c2ccccc2-c2ccccc21. The van der Waals surface area contributed by atoms with Gasteiger partial charge < -0.3 is 29.6 Å². The Morgan fingerprint density at radius 3 is 1.97 bits per heavy atom. The molecule has 1 aliphatic carbocycles. The number of likely N-dealkylation sites (tertiary alicyclic amines) is 1. The molecule has 60 heavy (non-hydrogen) atoms. The van der Waals surface area contributed by atoms with Crippen molar-refractivity contribution in [2.45, 2.75) is 30.5 Å². The van der Waals surface area contributed by atoms with Crippen molar-refractivity contribution in [3.8, 4) is 11.1 Å². The van der Waals surface area contributed by atoms with E-state index in [9.17, 15) is 19.2 Å². The third-order valence-corrected chi connectivity index (χ3v) is 11.1. The van der Waals surface area contributed by atoms with Gasteiger partial charge in [0.1, 0.15) is 25.5 Å². The summed E-state index contributed by atoms with van der Waals surface area (Å²) in [7, 11) is 0. The minimum Gasteiger partial charge on any atom is -0.451 e. The summed E-state index contributed by atoms with van der Waals surface area (Å²) < 4.78 is 13.8. The number of ether oxygens (including phenoxy) is 2. The standard InChI is InChI=1S/C47H39N7O6/c55-40(25-48-47(58)59-27-38-36-22-12-10-20-34(36)35-21-11-13-23-37(35)38)53-26-33(24-39(53)46(57)60-42(30-14-4-1-5-15-30)31-16-6-2-7-17-31)54-29-51-41-43(49-28-50-44(41)54)52-45(56)32-18-8-3-9-19-32/h1-23,28-29,33,38-39,42H,24-27H2,(H,48,58)(H,49,50,52,56)/t33-,39-/m1/s1. The van der Waals surface area contributed by atoms with Crippen molar-refractivity contribution < 1.29 is 28.7 Å². The maximum absolute atomic E-state index is 14.4. The largest absolute Gasteiger partial charge is 0.451 e. The van der Waals surface area contributed by atoms with Crippen LogP contribution in [-0.2, 0) is 19.1 Å². The molecule has 2 N–H and O–H groups in total. The first kappa shape index (κ1) is 37.9. The van der Waals surface area contributed by atoms with E-state index in [0.717, 1.165) is 33.4 Å². The topological polar surface area (TPSA) is 158 Å². The fourth-order valence-electron chi connectivity index (χ4n) is 8.17. The van der Waals surface area contributed by atoms with Gasteiger partial charge in [0, 0.05) is 24.4 Å². The Labute approximate surface area is 345 Å². The van der Waals surface area contributed by atoms with Crippen LogP contribution in [0.4, 0.5) is 10.6 Å². The maximum atomic E-state index is 14.4. The van der Waals surface area contributed by atoms with Crippen molar-refractivity contribution >= 4 is 40.9 Å². The lowest BCUT2D eigenvalue weighted by Gasteiger charge is -2.26. The Balaban J connectivity index is 0.945. The number of benzene rings is 5. The number of rotatable bonds is 11. The Morgan fingerprint density at radius 1 is 0.717 bits per heavy atom. The van der Waals surface area contributed by atoms with Crippen LogP contribution >= 0.6 is 0 Å². The van der Waals surface area contributed by atoms with Crippen LogP contribution in [0.15, 0.2) is 152 Å². The third kappa shape index (κ3) is 7.55. The molecule has 2 aromatic heterocycles. The van der Waals surface area contributed by atoms with Gasteiger partial charge >= 0.3 is 12.1 Å². The zero-order chi connectivity index (χ0) is 41.0. The van der Waals surface area contributed by atoms with E-state index in [1.165, 1.54) is 11.2 Å². The van der Waals surface area contributed by atoms with Gasteiger partial charge in [-0.2, -0.15) is 0 Å². The molecule has 2 atom stereocenters. The lowest BCUT2D eigenvalue weighted by molar-refractivity contribution is -0.156. The van der Waals surface area contributed by atoms with Gasteiger partial charge in [0.15, 0.2) is 23.1 Å². The minimum absolute atomic E-state index is 0.0769. The average Bonchev–Trinajstić information content (AvgIpc) is 4.02. The zero-order valence-electron chi connectivity index (χ0n) is 32.3. The van der Waals surface area contributed by atoms with E-state index in [4.69, 9.17) is 9.47 Å². The van der Waals surface area contributed by atoms with Crippen molar-refractivity contribution in [2.75, 3.05) is 25.0 Å². The highest BCUT2D eigenvalue weighted by Crippen LogP contribution is 2.44. The molecule has 5 aromatic carbocycles. The lowest BCUT2D eigenvalue weighted by Crippen LogP contribution is -2.46. The van der Waals surface area contributed by atoms with Crippen molar-refractivity contribution in [3.63, 3.8) is 0 Å². The second-order valence-electron chi connectivity index (χ2n) is 14.6. The van der Waals surface area contributed by atoms with Gasteiger partial charge in [0.2, 0.25) is 5.91 Å². The fourth-order valence-corrected chi connectivity index (χ4v) is 8.17. The van der Waals surface area contributed by atoms with Gasteiger partial charge in [0.05, 0.1) is 12.4 Å². The van der Waals surface area contributed by atoms with Crippen LogP contribution in [-0.4, -0.2) is 74.0 Å². The summed E-state index contributed by atoms with van der Waals surface area (Å²) in [6, 6.07) is 42.1. The summed E-state index contributed by atoms with van der Waals surface area (Å²) in [4.78, 5) is 69.4. The van der Waals surface area contributed by atoms with Gasteiger partial charge in [-0.1, -0.05) is 127 Å². The molecular formula is C47H39N7O6. The van der Waals surface area contributed by atoms with Crippen LogP contribution in [0, 0.1) is 0 Å². The molecule has 0 spiro atoms. The number of hydrogen-bond donors (Lipinski definition) is 2. The molecule has 3 amide bonds. The molecule has 0 saturated carbocycles. The molecule has 0 bridgehead atoms. The highest BCUT2D eigenvalue weighted by molar-refractivity contribution is 6.06. The molecule has 13 heteroatoms. The number of nitrogens with one attached hydrogen (secondary N) is 2. The molecule has 0 radical (unpaired) electrons. The van der Waals surface area contributed by atoms with E-state index in [-0.39, 0.29) is 37.2 Å². The maximum Gasteiger partial charge on any atom is 0.407 e. The fraction of sp³-hybridized carbons (Fsp3) is 0.170. The number of hydrogen-bond acceptors (Lipinski definition) is 9. The first-order chi connectivity index (χ1) is 29.4. The van der Waals surface area contributed by atoms with Crippen LogP contribution in [0.2, 0.25) is 0 Å². The second kappa shape index (κ2) is 16.7. The summed E-state index contributed by atoms with van der Waals surface area (Å²) in [5.74, 6) is -1.41. The van der Waals surface area contributed by atoms with E-state index >= 15 is 0 Å². The molecule has 13 nitrogen and oxygen atoms in total. The van der Waals surface area contributed by atoms with Crippen molar-refractivity contribution in [2.24, 2.45) is 0 Å². The summed E-state index contributed by atoms with van der Waals surface area (Å²) in [6.45, 7) is -0.261. The summed E-state index contributed by atoms with van der Waals surface area (Å²) >= 11 is 0. The zero-order valence-corrected chi connectivity index (χ0v) is 32.3. The van der Waals surface area contributed by atoms with E-state index in [0.29, 0.717) is 16.7 Å². The quantitative estimate of drug-likeness (QED) is 0.130.